The van der Waals surface area contributed by atoms with E-state index in [-0.39, 0.29) is 30.1 Å². The van der Waals surface area contributed by atoms with E-state index in [0.29, 0.717) is 0 Å². The van der Waals surface area contributed by atoms with Crippen LogP contribution in [-0.4, -0.2) is 21.4 Å². The second-order valence-corrected chi connectivity index (χ2v) is 4.49. The van der Waals surface area contributed by atoms with Crippen LogP contribution in [0.25, 0.3) is 0 Å². The third-order valence-electron chi connectivity index (χ3n) is 2.65. The average Bonchev–Trinajstić information content (AvgIpc) is 2.75. The second kappa shape index (κ2) is 5.62. The first-order chi connectivity index (χ1) is 9.36. The molecule has 2 rings (SSSR count). The molecule has 0 bridgehead atoms. The van der Waals surface area contributed by atoms with E-state index in [4.69, 9.17) is 4.52 Å². The molecule has 7 heteroatoms. The predicted molar refractivity (Wildman–Crippen MR) is 63.9 cm³/mol. The van der Waals surface area contributed by atoms with Crippen LogP contribution in [0.5, 0.6) is 0 Å². The molecule has 0 fully saturated rings. The highest BCUT2D eigenvalue weighted by Crippen LogP contribution is 2.32. The van der Waals surface area contributed by atoms with Gasteiger partial charge in [-0.1, -0.05) is 23.4 Å². The van der Waals surface area contributed by atoms with Crippen LogP contribution in [-0.2, 0) is 19.0 Å². The normalized spacial score (nSPS) is 13.4. The van der Waals surface area contributed by atoms with E-state index in [1.165, 1.54) is 18.2 Å². The van der Waals surface area contributed by atoms with E-state index in [9.17, 15) is 18.3 Å². The zero-order valence-electron chi connectivity index (χ0n) is 10.7. The van der Waals surface area contributed by atoms with Gasteiger partial charge in [0.2, 0.25) is 5.89 Å². The SMILES string of the molecule is CC(O)Cc1nc(Cc2ccccc2C(F)(F)F)no1. The molecule has 1 aromatic heterocycles. The fraction of sp³-hybridized carbons (Fsp3) is 0.385. The second-order valence-electron chi connectivity index (χ2n) is 4.49. The zero-order valence-corrected chi connectivity index (χ0v) is 10.7. The van der Waals surface area contributed by atoms with Gasteiger partial charge in [0.1, 0.15) is 0 Å². The smallest absolute Gasteiger partial charge is 0.393 e. The summed E-state index contributed by atoms with van der Waals surface area (Å²) >= 11 is 0. The Morgan fingerprint density at radius 3 is 2.65 bits per heavy atom. The van der Waals surface area contributed by atoms with Gasteiger partial charge in [0.05, 0.1) is 18.1 Å². The van der Waals surface area contributed by atoms with Gasteiger partial charge in [0, 0.05) is 6.42 Å². The number of aliphatic hydroxyl groups is 1. The van der Waals surface area contributed by atoms with Crippen LogP contribution in [0.3, 0.4) is 0 Å². The van der Waals surface area contributed by atoms with Gasteiger partial charge in [0.25, 0.3) is 0 Å². The fourth-order valence-corrected chi connectivity index (χ4v) is 1.82. The minimum atomic E-state index is -4.41. The maximum Gasteiger partial charge on any atom is 0.416 e. The Morgan fingerprint density at radius 2 is 2.00 bits per heavy atom. The minimum Gasteiger partial charge on any atom is -0.393 e. The summed E-state index contributed by atoms with van der Waals surface area (Å²) < 4.78 is 43.4. The van der Waals surface area contributed by atoms with Crippen LogP contribution in [0, 0.1) is 0 Å². The molecule has 0 aliphatic rings. The highest BCUT2D eigenvalue weighted by Gasteiger charge is 2.33. The topological polar surface area (TPSA) is 59.2 Å². The molecule has 0 spiro atoms. The average molecular weight is 286 g/mol. The van der Waals surface area contributed by atoms with Gasteiger partial charge in [-0.05, 0) is 18.6 Å². The van der Waals surface area contributed by atoms with Crippen molar-refractivity contribution in [3.05, 3.63) is 47.1 Å². The van der Waals surface area contributed by atoms with E-state index in [0.717, 1.165) is 6.07 Å². The molecule has 0 saturated carbocycles. The Kier molecular flexibility index (Phi) is 4.08. The van der Waals surface area contributed by atoms with Crippen molar-refractivity contribution in [2.75, 3.05) is 0 Å². The van der Waals surface area contributed by atoms with Gasteiger partial charge in [-0.2, -0.15) is 18.2 Å². The fourth-order valence-electron chi connectivity index (χ4n) is 1.82. The number of nitrogens with zero attached hydrogens (tertiary/aromatic N) is 2. The Hall–Kier alpha value is -1.89. The van der Waals surface area contributed by atoms with Gasteiger partial charge in [-0.25, -0.2) is 0 Å². The molecule has 1 aromatic carbocycles. The number of halogens is 3. The van der Waals surface area contributed by atoms with Gasteiger partial charge >= 0.3 is 6.18 Å². The summed E-state index contributed by atoms with van der Waals surface area (Å²) in [5, 5.41) is 12.8. The van der Waals surface area contributed by atoms with E-state index in [2.05, 4.69) is 10.1 Å². The highest BCUT2D eigenvalue weighted by atomic mass is 19.4. The lowest BCUT2D eigenvalue weighted by atomic mass is 10.0. The maximum atomic E-state index is 12.8. The van der Waals surface area contributed by atoms with Gasteiger partial charge < -0.3 is 9.63 Å². The third kappa shape index (κ3) is 3.57. The summed E-state index contributed by atoms with van der Waals surface area (Å²) in [7, 11) is 0. The molecule has 0 radical (unpaired) electrons. The monoisotopic (exact) mass is 286 g/mol. The number of aromatic nitrogens is 2. The third-order valence-corrected chi connectivity index (χ3v) is 2.65. The van der Waals surface area contributed by atoms with E-state index < -0.39 is 17.8 Å². The van der Waals surface area contributed by atoms with Crippen molar-refractivity contribution in [3.8, 4) is 0 Å². The predicted octanol–water partition coefficient (Wildman–Crippen LogP) is 2.60. The number of hydrogen-bond donors (Lipinski definition) is 1. The van der Waals surface area contributed by atoms with Crippen molar-refractivity contribution < 1.29 is 22.8 Å². The molecule has 0 aliphatic carbocycles. The summed E-state index contributed by atoms with van der Waals surface area (Å²) in [6.07, 6.45) is -4.96. The summed E-state index contributed by atoms with van der Waals surface area (Å²) in [6, 6.07) is 5.27. The number of hydrogen-bond acceptors (Lipinski definition) is 4. The van der Waals surface area contributed by atoms with Crippen LogP contribution in [0.4, 0.5) is 13.2 Å². The summed E-state index contributed by atoms with van der Waals surface area (Å²) in [5.74, 6) is 0.372. The minimum absolute atomic E-state index is 0.0704. The lowest BCUT2D eigenvalue weighted by molar-refractivity contribution is -0.138. The van der Waals surface area contributed by atoms with Gasteiger partial charge in [0.15, 0.2) is 5.82 Å². The van der Waals surface area contributed by atoms with Crippen LogP contribution < -0.4 is 0 Å². The zero-order chi connectivity index (χ0) is 14.8. The Labute approximate surface area is 113 Å². The van der Waals surface area contributed by atoms with E-state index in [1.54, 1.807) is 6.92 Å². The van der Waals surface area contributed by atoms with Crippen molar-refractivity contribution in [1.82, 2.24) is 10.1 Å². The summed E-state index contributed by atoms with van der Waals surface area (Å²) in [5.41, 5.74) is -0.619. The highest BCUT2D eigenvalue weighted by molar-refractivity contribution is 5.31. The molecule has 20 heavy (non-hydrogen) atoms. The Balaban J connectivity index is 2.20. The summed E-state index contributed by atoms with van der Waals surface area (Å²) in [4.78, 5) is 3.96. The quantitative estimate of drug-likeness (QED) is 0.938. The van der Waals surface area contributed by atoms with Gasteiger partial charge in [-0.3, -0.25) is 0 Å². The number of alkyl halides is 3. The van der Waals surface area contributed by atoms with Crippen molar-refractivity contribution >= 4 is 0 Å². The van der Waals surface area contributed by atoms with Crippen LogP contribution in [0.15, 0.2) is 28.8 Å². The molecule has 1 unspecified atom stereocenters. The largest absolute Gasteiger partial charge is 0.416 e. The molecule has 1 atom stereocenters. The van der Waals surface area contributed by atoms with Gasteiger partial charge in [-0.15, -0.1) is 0 Å². The number of aliphatic hydroxyl groups excluding tert-OH is 1. The molecule has 1 N–H and O–H groups in total. The lowest BCUT2D eigenvalue weighted by Gasteiger charge is -2.10. The standard InChI is InChI=1S/C13H13F3N2O2/c1-8(19)6-12-17-11(18-20-12)7-9-4-2-3-5-10(9)13(14,15)16/h2-5,8,19H,6-7H2,1H3. The van der Waals surface area contributed by atoms with Crippen molar-refractivity contribution in [1.29, 1.82) is 0 Å². The molecular weight excluding hydrogens is 273 g/mol. The van der Waals surface area contributed by atoms with Crippen molar-refractivity contribution in [2.45, 2.75) is 32.0 Å². The molecule has 0 saturated heterocycles. The van der Waals surface area contributed by atoms with Crippen molar-refractivity contribution in [3.63, 3.8) is 0 Å². The number of benzene rings is 1. The maximum absolute atomic E-state index is 12.8. The lowest BCUT2D eigenvalue weighted by Crippen LogP contribution is -2.09. The molecule has 108 valence electrons. The van der Waals surface area contributed by atoms with Crippen LogP contribution in [0.2, 0.25) is 0 Å². The molecule has 0 aliphatic heterocycles. The van der Waals surface area contributed by atoms with Crippen LogP contribution >= 0.6 is 0 Å². The first kappa shape index (κ1) is 14.5. The van der Waals surface area contributed by atoms with E-state index in [1.807, 2.05) is 0 Å². The Morgan fingerprint density at radius 1 is 1.30 bits per heavy atom. The first-order valence-electron chi connectivity index (χ1n) is 6.01. The Bertz CT molecular complexity index is 579. The number of rotatable bonds is 4. The molecular formula is C13H13F3N2O2. The molecule has 2 aromatic rings. The molecule has 4 nitrogen and oxygen atoms in total. The van der Waals surface area contributed by atoms with E-state index >= 15 is 0 Å². The molecule has 1 heterocycles. The molecule has 0 amide bonds. The van der Waals surface area contributed by atoms with Crippen molar-refractivity contribution in [2.24, 2.45) is 0 Å². The summed E-state index contributed by atoms with van der Waals surface area (Å²) in [6.45, 7) is 1.56. The first-order valence-corrected chi connectivity index (χ1v) is 6.01. The van der Waals surface area contributed by atoms with Crippen LogP contribution in [0.1, 0.15) is 29.8 Å².